The Hall–Kier alpha value is -4.05. The number of methoxy groups -OCH3 is 1. The van der Waals surface area contributed by atoms with Gasteiger partial charge in [-0.3, -0.25) is 13.9 Å². The van der Waals surface area contributed by atoms with Crippen molar-refractivity contribution in [2.24, 2.45) is 0 Å². The first kappa shape index (κ1) is 32.5. The molecule has 226 valence electrons. The summed E-state index contributed by atoms with van der Waals surface area (Å²) in [6, 6.07) is 19.4. The lowest BCUT2D eigenvalue weighted by molar-refractivity contribution is -0.139. The van der Waals surface area contributed by atoms with Gasteiger partial charge in [-0.15, -0.1) is 0 Å². The average Bonchev–Trinajstić information content (AvgIpc) is 2.99. The summed E-state index contributed by atoms with van der Waals surface area (Å²) in [4.78, 5) is 28.8. The van der Waals surface area contributed by atoms with E-state index in [2.05, 4.69) is 5.32 Å². The lowest BCUT2D eigenvalue weighted by Crippen LogP contribution is -2.52. The van der Waals surface area contributed by atoms with E-state index < -0.39 is 28.5 Å². The molecular formula is C32H41N3O6S. The largest absolute Gasteiger partial charge is 0.497 e. The fraction of sp³-hybridized carbons (Fsp3) is 0.375. The number of amides is 2. The van der Waals surface area contributed by atoms with Crippen LogP contribution in [0.15, 0.2) is 77.7 Å². The predicted octanol–water partition coefficient (Wildman–Crippen LogP) is 4.93. The zero-order valence-electron chi connectivity index (χ0n) is 25.2. The van der Waals surface area contributed by atoms with Crippen LogP contribution in [-0.4, -0.2) is 57.5 Å². The number of benzene rings is 3. The van der Waals surface area contributed by atoms with Crippen LogP contribution < -0.4 is 19.1 Å². The summed E-state index contributed by atoms with van der Waals surface area (Å²) in [6.45, 7) is 9.01. The van der Waals surface area contributed by atoms with Gasteiger partial charge in [-0.1, -0.05) is 48.9 Å². The number of hydrogen-bond donors (Lipinski definition) is 1. The Bertz CT molecular complexity index is 1440. The number of para-hydroxylation sites is 2. The molecule has 0 saturated carbocycles. The first-order valence-electron chi connectivity index (χ1n) is 14.1. The van der Waals surface area contributed by atoms with Crippen molar-refractivity contribution in [1.82, 2.24) is 10.2 Å². The average molecular weight is 596 g/mol. The molecule has 3 rings (SSSR count). The molecule has 1 N–H and O–H groups in total. The number of anilines is 1. The Morgan fingerprint density at radius 2 is 1.57 bits per heavy atom. The smallest absolute Gasteiger partial charge is 0.264 e. The number of ether oxygens (including phenoxy) is 2. The molecule has 0 spiro atoms. The minimum atomic E-state index is -4.20. The molecule has 0 aromatic heterocycles. The van der Waals surface area contributed by atoms with Crippen molar-refractivity contribution in [2.45, 2.75) is 64.6 Å². The third-order valence-electron chi connectivity index (χ3n) is 7.00. The van der Waals surface area contributed by atoms with Crippen LogP contribution in [0.4, 0.5) is 5.69 Å². The number of sulfonamides is 1. The molecule has 2 atom stereocenters. The van der Waals surface area contributed by atoms with Gasteiger partial charge in [0, 0.05) is 12.6 Å². The zero-order chi connectivity index (χ0) is 30.9. The van der Waals surface area contributed by atoms with Crippen LogP contribution in [0.1, 0.15) is 45.2 Å². The van der Waals surface area contributed by atoms with Gasteiger partial charge in [-0.2, -0.15) is 0 Å². The van der Waals surface area contributed by atoms with Crippen molar-refractivity contribution >= 4 is 27.5 Å². The second-order valence-electron chi connectivity index (χ2n) is 10.1. The van der Waals surface area contributed by atoms with Crippen LogP contribution in [0.2, 0.25) is 0 Å². The van der Waals surface area contributed by atoms with Crippen molar-refractivity contribution in [3.8, 4) is 11.5 Å². The van der Waals surface area contributed by atoms with E-state index >= 15 is 0 Å². The van der Waals surface area contributed by atoms with E-state index in [1.807, 2.05) is 32.9 Å². The highest BCUT2D eigenvalue weighted by atomic mass is 32.2. The maximum atomic E-state index is 14.1. The van der Waals surface area contributed by atoms with Gasteiger partial charge < -0.3 is 19.7 Å². The summed E-state index contributed by atoms with van der Waals surface area (Å²) in [6.07, 6.45) is 0.724. The third-order valence-corrected chi connectivity index (χ3v) is 8.78. The van der Waals surface area contributed by atoms with E-state index in [9.17, 15) is 18.0 Å². The van der Waals surface area contributed by atoms with Crippen LogP contribution in [-0.2, 0) is 26.2 Å². The van der Waals surface area contributed by atoms with Crippen LogP contribution in [0.25, 0.3) is 0 Å². The highest BCUT2D eigenvalue weighted by molar-refractivity contribution is 7.92. The van der Waals surface area contributed by atoms with Crippen molar-refractivity contribution in [2.75, 3.05) is 24.6 Å². The van der Waals surface area contributed by atoms with Gasteiger partial charge >= 0.3 is 0 Å². The third kappa shape index (κ3) is 8.03. The summed E-state index contributed by atoms with van der Waals surface area (Å²) < 4.78 is 40.2. The van der Waals surface area contributed by atoms with Crippen LogP contribution in [0.3, 0.4) is 0 Å². The molecule has 0 aliphatic rings. The first-order valence-corrected chi connectivity index (χ1v) is 15.5. The van der Waals surface area contributed by atoms with Gasteiger partial charge in [0.05, 0.1) is 24.3 Å². The van der Waals surface area contributed by atoms with Crippen LogP contribution in [0.5, 0.6) is 11.5 Å². The Balaban J connectivity index is 2.07. The lowest BCUT2D eigenvalue weighted by atomic mass is 10.1. The molecule has 10 heteroatoms. The Morgan fingerprint density at radius 3 is 2.17 bits per heavy atom. The fourth-order valence-corrected chi connectivity index (χ4v) is 5.69. The molecule has 42 heavy (non-hydrogen) atoms. The molecule has 0 bridgehead atoms. The van der Waals surface area contributed by atoms with Gasteiger partial charge in [0.15, 0.2) is 0 Å². The first-order chi connectivity index (χ1) is 20.0. The summed E-state index contributed by atoms with van der Waals surface area (Å²) in [5, 5.41) is 2.94. The second kappa shape index (κ2) is 14.7. The highest BCUT2D eigenvalue weighted by Crippen LogP contribution is 2.33. The van der Waals surface area contributed by atoms with E-state index in [0.717, 1.165) is 21.9 Å². The fourth-order valence-electron chi connectivity index (χ4n) is 4.27. The Labute approximate surface area is 249 Å². The maximum absolute atomic E-state index is 14.1. The van der Waals surface area contributed by atoms with E-state index in [1.54, 1.807) is 69.5 Å². The van der Waals surface area contributed by atoms with Crippen molar-refractivity contribution in [3.63, 3.8) is 0 Å². The second-order valence-corrected chi connectivity index (χ2v) is 12.0. The SMILES string of the molecule is CCOc1ccccc1N(CC(=O)N(Cc1ccc(OC)cc1)[C@@H](C)C(=O)N[C@@H](C)CC)S(=O)(=O)c1ccc(C)cc1. The number of rotatable bonds is 14. The standard InChI is InChI=1S/C32H41N3O6S/c1-7-24(4)33-32(37)25(5)34(21-26-15-17-27(40-6)18-16-26)31(36)22-35(29-11-9-10-12-30(29)41-8-2)42(38,39)28-19-13-23(3)14-20-28/h9-20,24-25H,7-8,21-22H2,1-6H3,(H,33,37)/t24-,25-/m0/s1. The molecule has 0 unspecified atom stereocenters. The summed E-state index contributed by atoms with van der Waals surface area (Å²) in [5.74, 6) is 0.114. The molecule has 0 aliphatic carbocycles. The molecule has 3 aromatic rings. The van der Waals surface area contributed by atoms with Crippen LogP contribution >= 0.6 is 0 Å². The molecule has 0 saturated heterocycles. The zero-order valence-corrected chi connectivity index (χ0v) is 26.0. The van der Waals surface area contributed by atoms with E-state index in [-0.39, 0.29) is 29.1 Å². The Kier molecular flexibility index (Phi) is 11.4. The predicted molar refractivity (Wildman–Crippen MR) is 164 cm³/mol. The van der Waals surface area contributed by atoms with E-state index in [0.29, 0.717) is 18.1 Å². The topological polar surface area (TPSA) is 105 Å². The minimum absolute atomic E-state index is 0.0384. The van der Waals surface area contributed by atoms with Crippen LogP contribution in [0, 0.1) is 6.92 Å². The van der Waals surface area contributed by atoms with Gasteiger partial charge in [-0.25, -0.2) is 8.42 Å². The molecule has 0 aliphatic heterocycles. The number of hydrogen-bond acceptors (Lipinski definition) is 6. The quantitative estimate of drug-likeness (QED) is 0.283. The molecule has 0 heterocycles. The number of nitrogens with one attached hydrogen (secondary N) is 1. The number of aryl methyl sites for hydroxylation is 1. The van der Waals surface area contributed by atoms with E-state index in [1.165, 1.54) is 17.0 Å². The molecule has 3 aromatic carbocycles. The number of carbonyl (C=O) groups excluding carboxylic acids is 2. The van der Waals surface area contributed by atoms with Gasteiger partial charge in [-0.05, 0) is 76.1 Å². The van der Waals surface area contributed by atoms with Gasteiger partial charge in [0.2, 0.25) is 11.8 Å². The van der Waals surface area contributed by atoms with Gasteiger partial charge in [0.1, 0.15) is 24.1 Å². The number of carbonyl (C=O) groups is 2. The lowest BCUT2D eigenvalue weighted by Gasteiger charge is -2.33. The summed E-state index contributed by atoms with van der Waals surface area (Å²) in [5.41, 5.74) is 1.89. The highest BCUT2D eigenvalue weighted by Gasteiger charge is 2.34. The summed E-state index contributed by atoms with van der Waals surface area (Å²) in [7, 11) is -2.64. The summed E-state index contributed by atoms with van der Waals surface area (Å²) >= 11 is 0. The monoisotopic (exact) mass is 595 g/mol. The molecule has 0 radical (unpaired) electrons. The van der Waals surface area contributed by atoms with Crippen molar-refractivity contribution in [3.05, 3.63) is 83.9 Å². The minimum Gasteiger partial charge on any atom is -0.497 e. The molecule has 2 amide bonds. The molecular weight excluding hydrogens is 554 g/mol. The molecule has 9 nitrogen and oxygen atoms in total. The van der Waals surface area contributed by atoms with Gasteiger partial charge in [0.25, 0.3) is 10.0 Å². The normalized spacial score (nSPS) is 12.6. The number of nitrogens with zero attached hydrogens (tertiary/aromatic N) is 2. The van der Waals surface area contributed by atoms with Crippen molar-refractivity contribution < 1.29 is 27.5 Å². The van der Waals surface area contributed by atoms with Crippen molar-refractivity contribution in [1.29, 1.82) is 0 Å². The van der Waals surface area contributed by atoms with E-state index in [4.69, 9.17) is 9.47 Å². The maximum Gasteiger partial charge on any atom is 0.264 e. The Morgan fingerprint density at radius 1 is 0.929 bits per heavy atom. The molecule has 0 fully saturated rings.